The number of pyridine rings is 1. The Morgan fingerprint density at radius 2 is 1.86 bits per heavy atom. The van der Waals surface area contributed by atoms with Crippen LogP contribution in [0.5, 0.6) is 5.75 Å². The second kappa shape index (κ2) is 8.57. The van der Waals surface area contributed by atoms with Crippen LogP contribution >= 0.6 is 0 Å². The van der Waals surface area contributed by atoms with Gasteiger partial charge in [-0.05, 0) is 48.7 Å². The van der Waals surface area contributed by atoms with Crippen LogP contribution < -0.4 is 0 Å². The number of rotatable bonds is 3. The van der Waals surface area contributed by atoms with Crippen molar-refractivity contribution in [2.45, 2.75) is 19.5 Å². The first-order valence-electron chi connectivity index (χ1n) is 10.9. The second-order valence-electron chi connectivity index (χ2n) is 8.32. The number of fused-ring (bicyclic) bond motifs is 1. The third-order valence-corrected chi connectivity index (χ3v) is 6.09. The predicted molar refractivity (Wildman–Crippen MR) is 124 cm³/mol. The van der Waals surface area contributed by atoms with Crippen LogP contribution in [0, 0.1) is 6.92 Å². The van der Waals surface area contributed by atoms with Crippen LogP contribution in [0.4, 0.5) is 13.2 Å². The summed E-state index contributed by atoms with van der Waals surface area (Å²) in [5.41, 5.74) is 1.65. The van der Waals surface area contributed by atoms with Crippen LogP contribution in [0.25, 0.3) is 27.9 Å². The van der Waals surface area contributed by atoms with E-state index in [4.69, 9.17) is 4.52 Å². The zero-order valence-corrected chi connectivity index (χ0v) is 18.6. The summed E-state index contributed by atoms with van der Waals surface area (Å²) < 4.78 is 46.2. The standard InChI is InChI=1S/C26H20F3N3O3/c1-15-23-20(25(34)32-12-10-17(11-13-32)16-6-8-18(33)9-7-16)14-22(30-24(23)35-31-15)19-4-2-3-5-21(19)26(27,28)29/h2-10,14,33H,11-13H2,1H3. The van der Waals surface area contributed by atoms with E-state index in [-0.39, 0.29) is 34.2 Å². The van der Waals surface area contributed by atoms with Gasteiger partial charge in [-0.15, -0.1) is 0 Å². The summed E-state index contributed by atoms with van der Waals surface area (Å²) >= 11 is 0. The molecule has 0 saturated heterocycles. The minimum absolute atomic E-state index is 0.0117. The highest BCUT2D eigenvalue weighted by molar-refractivity contribution is 6.07. The molecule has 0 saturated carbocycles. The van der Waals surface area contributed by atoms with E-state index in [2.05, 4.69) is 10.1 Å². The molecule has 9 heteroatoms. The minimum atomic E-state index is -4.59. The lowest BCUT2D eigenvalue weighted by Crippen LogP contribution is -2.34. The Morgan fingerprint density at radius 1 is 1.11 bits per heavy atom. The molecular weight excluding hydrogens is 459 g/mol. The maximum Gasteiger partial charge on any atom is 0.417 e. The van der Waals surface area contributed by atoms with Crippen molar-refractivity contribution in [1.29, 1.82) is 0 Å². The average molecular weight is 479 g/mol. The van der Waals surface area contributed by atoms with Crippen molar-refractivity contribution >= 4 is 22.6 Å². The Kier molecular flexibility index (Phi) is 5.55. The number of aromatic nitrogens is 2. The summed E-state index contributed by atoms with van der Waals surface area (Å²) in [6, 6.07) is 13.3. The van der Waals surface area contributed by atoms with Crippen molar-refractivity contribution in [3.8, 4) is 17.0 Å². The van der Waals surface area contributed by atoms with Crippen molar-refractivity contribution in [2.24, 2.45) is 0 Å². The van der Waals surface area contributed by atoms with Crippen LogP contribution in [0.3, 0.4) is 0 Å². The van der Waals surface area contributed by atoms with E-state index in [1.165, 1.54) is 24.3 Å². The van der Waals surface area contributed by atoms with Gasteiger partial charge in [-0.3, -0.25) is 4.79 Å². The third kappa shape index (κ3) is 4.25. The largest absolute Gasteiger partial charge is 0.508 e. The molecule has 2 aromatic carbocycles. The van der Waals surface area contributed by atoms with Crippen molar-refractivity contribution in [3.63, 3.8) is 0 Å². The number of benzene rings is 2. The molecule has 2 aromatic heterocycles. The van der Waals surface area contributed by atoms with Gasteiger partial charge in [0, 0.05) is 18.7 Å². The lowest BCUT2D eigenvalue weighted by atomic mass is 9.98. The molecule has 3 heterocycles. The molecule has 1 N–H and O–H groups in total. The molecule has 178 valence electrons. The molecule has 0 radical (unpaired) electrons. The number of carbonyl (C=O) groups is 1. The highest BCUT2D eigenvalue weighted by Gasteiger charge is 2.34. The summed E-state index contributed by atoms with van der Waals surface area (Å²) in [6.07, 6.45) is -2.05. The van der Waals surface area contributed by atoms with Gasteiger partial charge in [-0.25, -0.2) is 4.98 Å². The molecule has 0 fully saturated rings. The van der Waals surface area contributed by atoms with Gasteiger partial charge in [0.25, 0.3) is 11.6 Å². The van der Waals surface area contributed by atoms with E-state index in [1.54, 1.807) is 24.0 Å². The first kappa shape index (κ1) is 22.6. The van der Waals surface area contributed by atoms with Crippen molar-refractivity contribution in [3.05, 3.63) is 83.1 Å². The minimum Gasteiger partial charge on any atom is -0.508 e. The third-order valence-electron chi connectivity index (χ3n) is 6.09. The summed E-state index contributed by atoms with van der Waals surface area (Å²) in [5, 5.41) is 13.8. The van der Waals surface area contributed by atoms with Crippen molar-refractivity contribution in [1.82, 2.24) is 15.0 Å². The summed E-state index contributed by atoms with van der Waals surface area (Å²) in [6.45, 7) is 2.42. The molecule has 1 amide bonds. The molecule has 0 atom stereocenters. The topological polar surface area (TPSA) is 79.5 Å². The molecule has 5 rings (SSSR count). The summed E-state index contributed by atoms with van der Waals surface area (Å²) in [4.78, 5) is 19.4. The maximum atomic E-state index is 13.6. The molecule has 0 spiro atoms. The molecule has 0 aliphatic carbocycles. The number of hydrogen-bond donors (Lipinski definition) is 1. The monoisotopic (exact) mass is 479 g/mol. The number of phenols is 1. The normalized spacial score (nSPS) is 14.3. The van der Waals surface area contributed by atoms with Gasteiger partial charge in [0.2, 0.25) is 0 Å². The van der Waals surface area contributed by atoms with Gasteiger partial charge >= 0.3 is 6.18 Å². The number of aromatic hydroxyl groups is 1. The number of aryl methyl sites for hydroxylation is 1. The SMILES string of the molecule is Cc1noc2nc(-c3ccccc3C(F)(F)F)cc(C(=O)N3CC=C(c4ccc(O)cc4)CC3)c12. The van der Waals surface area contributed by atoms with E-state index in [9.17, 15) is 23.1 Å². The summed E-state index contributed by atoms with van der Waals surface area (Å²) in [5.74, 6) is -0.161. The quantitative estimate of drug-likeness (QED) is 0.399. The highest BCUT2D eigenvalue weighted by Crippen LogP contribution is 2.38. The zero-order chi connectivity index (χ0) is 24.7. The van der Waals surface area contributed by atoms with Crippen LogP contribution in [0.2, 0.25) is 0 Å². The molecule has 6 nitrogen and oxygen atoms in total. The smallest absolute Gasteiger partial charge is 0.417 e. The van der Waals surface area contributed by atoms with Crippen molar-refractivity contribution in [2.75, 3.05) is 13.1 Å². The summed E-state index contributed by atoms with van der Waals surface area (Å²) in [7, 11) is 0. The fraction of sp³-hybridized carbons (Fsp3) is 0.192. The number of hydrogen-bond acceptors (Lipinski definition) is 5. The molecule has 1 aliphatic heterocycles. The van der Waals surface area contributed by atoms with Gasteiger partial charge in [-0.2, -0.15) is 13.2 Å². The van der Waals surface area contributed by atoms with E-state index in [1.807, 2.05) is 18.2 Å². The maximum absolute atomic E-state index is 13.6. The fourth-order valence-corrected chi connectivity index (χ4v) is 4.32. The van der Waals surface area contributed by atoms with Gasteiger partial charge in [0.05, 0.1) is 27.9 Å². The van der Waals surface area contributed by atoms with Gasteiger partial charge < -0.3 is 14.5 Å². The van der Waals surface area contributed by atoms with Crippen LogP contribution in [-0.4, -0.2) is 39.1 Å². The molecule has 35 heavy (non-hydrogen) atoms. The Morgan fingerprint density at radius 3 is 2.54 bits per heavy atom. The zero-order valence-electron chi connectivity index (χ0n) is 18.6. The number of phenolic OH excluding ortho intramolecular Hbond substituents is 1. The van der Waals surface area contributed by atoms with Gasteiger partial charge in [-0.1, -0.05) is 41.6 Å². The van der Waals surface area contributed by atoms with Crippen LogP contribution in [0.15, 0.2) is 65.2 Å². The number of alkyl halides is 3. The molecule has 0 bridgehead atoms. The predicted octanol–water partition coefficient (Wildman–Crippen LogP) is 5.85. The van der Waals surface area contributed by atoms with Crippen LogP contribution in [0.1, 0.15) is 33.6 Å². The van der Waals surface area contributed by atoms with Crippen LogP contribution in [-0.2, 0) is 6.18 Å². The molecule has 0 unspecified atom stereocenters. The first-order valence-corrected chi connectivity index (χ1v) is 10.9. The van der Waals surface area contributed by atoms with Crippen molar-refractivity contribution < 1.29 is 27.6 Å². The van der Waals surface area contributed by atoms with E-state index < -0.39 is 11.7 Å². The average Bonchev–Trinajstić information content (AvgIpc) is 3.24. The van der Waals surface area contributed by atoms with Gasteiger partial charge in [0.15, 0.2) is 0 Å². The Balaban J connectivity index is 1.53. The van der Waals surface area contributed by atoms with Gasteiger partial charge in [0.1, 0.15) is 5.75 Å². The van der Waals surface area contributed by atoms with E-state index in [0.717, 1.165) is 17.2 Å². The Hall–Kier alpha value is -4.14. The number of carbonyl (C=O) groups excluding carboxylic acids is 1. The number of halogens is 3. The molecule has 4 aromatic rings. The first-order chi connectivity index (χ1) is 16.7. The van der Waals surface area contributed by atoms with E-state index >= 15 is 0 Å². The number of nitrogens with zero attached hydrogens (tertiary/aromatic N) is 3. The Bertz CT molecular complexity index is 1460. The molecular formula is C26H20F3N3O3. The second-order valence-corrected chi connectivity index (χ2v) is 8.32. The fourth-order valence-electron chi connectivity index (χ4n) is 4.32. The Labute approximate surface area is 198 Å². The number of amides is 1. The highest BCUT2D eigenvalue weighted by atomic mass is 19.4. The lowest BCUT2D eigenvalue weighted by Gasteiger charge is -2.27. The van der Waals surface area contributed by atoms with E-state index in [0.29, 0.717) is 30.6 Å². The molecule has 1 aliphatic rings. The lowest BCUT2D eigenvalue weighted by molar-refractivity contribution is -0.137.